The molecule has 102 valence electrons. The molecule has 21 heavy (non-hydrogen) atoms. The molecule has 0 unspecified atom stereocenters. The summed E-state index contributed by atoms with van der Waals surface area (Å²) in [5.41, 5.74) is 5.20. The Bertz CT molecular complexity index is 796. The number of amides is 1. The largest absolute Gasteiger partial charge is 0.272 e. The molecule has 1 N–H and O–H groups in total. The predicted molar refractivity (Wildman–Crippen MR) is 78.8 cm³/mol. The zero-order chi connectivity index (χ0) is 14.5. The van der Waals surface area contributed by atoms with E-state index in [2.05, 4.69) is 25.5 Å². The minimum atomic E-state index is -0.314. The minimum Gasteiger partial charge on any atom is -0.267 e. The van der Waals surface area contributed by atoms with Gasteiger partial charge < -0.3 is 0 Å². The van der Waals surface area contributed by atoms with Crippen LogP contribution in [0, 0.1) is 0 Å². The number of hydrogen-bond acceptors (Lipinski definition) is 5. The molecule has 0 saturated carbocycles. The van der Waals surface area contributed by atoms with E-state index in [1.807, 2.05) is 18.2 Å². The first-order valence-corrected chi connectivity index (χ1v) is 6.28. The highest BCUT2D eigenvalue weighted by molar-refractivity contribution is 5.97. The fourth-order valence-corrected chi connectivity index (χ4v) is 1.84. The van der Waals surface area contributed by atoms with Crippen LogP contribution < -0.4 is 5.43 Å². The highest BCUT2D eigenvalue weighted by atomic mass is 16.2. The van der Waals surface area contributed by atoms with E-state index in [1.54, 1.807) is 36.9 Å². The van der Waals surface area contributed by atoms with Crippen LogP contribution in [0.3, 0.4) is 0 Å². The van der Waals surface area contributed by atoms with Gasteiger partial charge in [-0.1, -0.05) is 12.1 Å². The Balaban J connectivity index is 1.78. The molecule has 0 spiro atoms. The van der Waals surface area contributed by atoms with Crippen molar-refractivity contribution in [3.05, 3.63) is 66.2 Å². The lowest BCUT2D eigenvalue weighted by Crippen LogP contribution is -2.17. The number of hydrazone groups is 1. The molecule has 0 saturated heterocycles. The molecule has 6 heteroatoms. The van der Waals surface area contributed by atoms with Gasteiger partial charge in [0.1, 0.15) is 0 Å². The maximum absolute atomic E-state index is 11.8. The van der Waals surface area contributed by atoms with Crippen molar-refractivity contribution in [3.8, 4) is 0 Å². The Kier molecular flexibility index (Phi) is 3.60. The van der Waals surface area contributed by atoms with Crippen LogP contribution in [0.25, 0.3) is 11.0 Å². The SMILES string of the molecule is O=C(NN=Cc1cccc2nccnc12)c1cccnc1. The second kappa shape index (κ2) is 5.87. The number of fused-ring (bicyclic) bond motifs is 1. The monoisotopic (exact) mass is 277 g/mol. The van der Waals surface area contributed by atoms with Crippen molar-refractivity contribution < 1.29 is 4.79 Å². The lowest BCUT2D eigenvalue weighted by Gasteiger charge is -2.00. The fraction of sp³-hybridized carbons (Fsp3) is 0. The predicted octanol–water partition coefficient (Wildman–Crippen LogP) is 1.79. The third-order valence-corrected chi connectivity index (χ3v) is 2.82. The lowest BCUT2D eigenvalue weighted by molar-refractivity contribution is 0.0955. The highest BCUT2D eigenvalue weighted by Crippen LogP contribution is 2.11. The third-order valence-electron chi connectivity index (χ3n) is 2.82. The van der Waals surface area contributed by atoms with E-state index >= 15 is 0 Å². The van der Waals surface area contributed by atoms with Gasteiger partial charge in [-0.3, -0.25) is 19.7 Å². The smallest absolute Gasteiger partial charge is 0.267 e. The van der Waals surface area contributed by atoms with E-state index in [1.165, 1.54) is 6.20 Å². The number of hydrogen-bond donors (Lipinski definition) is 1. The van der Waals surface area contributed by atoms with Gasteiger partial charge in [0.15, 0.2) is 0 Å². The summed E-state index contributed by atoms with van der Waals surface area (Å²) in [6.45, 7) is 0. The summed E-state index contributed by atoms with van der Waals surface area (Å²) in [6, 6.07) is 8.95. The lowest BCUT2D eigenvalue weighted by atomic mass is 10.2. The van der Waals surface area contributed by atoms with Crippen LogP contribution in [0.1, 0.15) is 15.9 Å². The molecule has 1 amide bonds. The minimum absolute atomic E-state index is 0.314. The second-order valence-corrected chi connectivity index (χ2v) is 4.21. The van der Waals surface area contributed by atoms with Crippen molar-refractivity contribution in [2.45, 2.75) is 0 Å². The zero-order valence-corrected chi connectivity index (χ0v) is 11.0. The van der Waals surface area contributed by atoms with Crippen LogP contribution in [0.5, 0.6) is 0 Å². The molecule has 0 bridgehead atoms. The summed E-state index contributed by atoms with van der Waals surface area (Å²) in [7, 11) is 0. The number of nitrogens with one attached hydrogen (secondary N) is 1. The quantitative estimate of drug-likeness (QED) is 0.584. The molecule has 2 aromatic heterocycles. The number of nitrogens with zero attached hydrogens (tertiary/aromatic N) is 4. The molecule has 3 rings (SSSR count). The maximum atomic E-state index is 11.8. The van der Waals surface area contributed by atoms with Gasteiger partial charge in [0.05, 0.1) is 22.8 Å². The molecule has 6 nitrogen and oxygen atoms in total. The zero-order valence-electron chi connectivity index (χ0n) is 11.0. The van der Waals surface area contributed by atoms with Crippen molar-refractivity contribution in [1.29, 1.82) is 0 Å². The molecule has 0 aliphatic carbocycles. The van der Waals surface area contributed by atoms with Crippen molar-refractivity contribution in [1.82, 2.24) is 20.4 Å². The standard InChI is InChI=1S/C15H11N5O/c21-15(12-4-2-6-16-9-12)20-19-10-11-3-1-5-13-14(11)18-8-7-17-13/h1-10H,(H,20,21). The Labute approximate surface area is 120 Å². The van der Waals surface area contributed by atoms with E-state index in [9.17, 15) is 4.79 Å². The van der Waals surface area contributed by atoms with Gasteiger partial charge in [0.2, 0.25) is 0 Å². The van der Waals surface area contributed by atoms with Crippen LogP contribution in [0.2, 0.25) is 0 Å². The summed E-state index contributed by atoms with van der Waals surface area (Å²) >= 11 is 0. The average molecular weight is 277 g/mol. The number of pyridine rings is 1. The number of benzene rings is 1. The summed E-state index contributed by atoms with van der Waals surface area (Å²) in [5, 5.41) is 3.95. The van der Waals surface area contributed by atoms with Gasteiger partial charge in [-0.2, -0.15) is 5.10 Å². The van der Waals surface area contributed by atoms with Gasteiger partial charge in [0.25, 0.3) is 5.91 Å². The van der Waals surface area contributed by atoms with Gasteiger partial charge in [0, 0.05) is 30.4 Å². The van der Waals surface area contributed by atoms with Crippen molar-refractivity contribution in [2.75, 3.05) is 0 Å². The fourth-order valence-electron chi connectivity index (χ4n) is 1.84. The number of aromatic nitrogens is 3. The van der Waals surface area contributed by atoms with E-state index in [-0.39, 0.29) is 5.91 Å². The molecule has 0 aliphatic heterocycles. The first kappa shape index (κ1) is 12.9. The van der Waals surface area contributed by atoms with Crippen LogP contribution in [0.4, 0.5) is 0 Å². The molecule has 0 aliphatic rings. The maximum Gasteiger partial charge on any atom is 0.272 e. The van der Waals surface area contributed by atoms with Crippen molar-refractivity contribution in [2.24, 2.45) is 5.10 Å². The van der Waals surface area contributed by atoms with Gasteiger partial charge in [-0.15, -0.1) is 0 Å². The van der Waals surface area contributed by atoms with Gasteiger partial charge in [-0.25, -0.2) is 5.43 Å². The topological polar surface area (TPSA) is 80.1 Å². The number of para-hydroxylation sites is 1. The highest BCUT2D eigenvalue weighted by Gasteiger charge is 2.03. The van der Waals surface area contributed by atoms with Crippen LogP contribution in [-0.4, -0.2) is 27.1 Å². The first-order chi connectivity index (χ1) is 10.3. The van der Waals surface area contributed by atoms with Crippen LogP contribution >= 0.6 is 0 Å². The molecule has 0 radical (unpaired) electrons. The summed E-state index contributed by atoms with van der Waals surface area (Å²) in [5.74, 6) is -0.314. The van der Waals surface area contributed by atoms with Gasteiger partial charge >= 0.3 is 0 Å². The van der Waals surface area contributed by atoms with Crippen molar-refractivity contribution >= 4 is 23.2 Å². The molecule has 1 aromatic carbocycles. The molecule has 0 fully saturated rings. The number of rotatable bonds is 3. The first-order valence-electron chi connectivity index (χ1n) is 6.28. The van der Waals surface area contributed by atoms with E-state index in [4.69, 9.17) is 0 Å². The third kappa shape index (κ3) is 2.89. The van der Waals surface area contributed by atoms with E-state index < -0.39 is 0 Å². The molecule has 3 aromatic rings. The normalized spacial score (nSPS) is 10.9. The van der Waals surface area contributed by atoms with Crippen LogP contribution in [0.15, 0.2) is 60.2 Å². The van der Waals surface area contributed by atoms with Crippen LogP contribution in [-0.2, 0) is 0 Å². The Morgan fingerprint density at radius 2 is 2.00 bits per heavy atom. The molecule has 2 heterocycles. The van der Waals surface area contributed by atoms with Crippen molar-refractivity contribution in [3.63, 3.8) is 0 Å². The Morgan fingerprint density at radius 1 is 1.10 bits per heavy atom. The Hall–Kier alpha value is -3.15. The molecular formula is C15H11N5O. The summed E-state index contributed by atoms with van der Waals surface area (Å²) in [6.07, 6.45) is 7.88. The van der Waals surface area contributed by atoms with Gasteiger partial charge in [-0.05, 0) is 18.2 Å². The second-order valence-electron chi connectivity index (χ2n) is 4.21. The molecule has 0 atom stereocenters. The summed E-state index contributed by atoms with van der Waals surface area (Å²) < 4.78 is 0. The van der Waals surface area contributed by atoms with E-state index in [0.717, 1.165) is 16.6 Å². The molecular weight excluding hydrogens is 266 g/mol. The number of carbonyl (C=O) groups excluding carboxylic acids is 1. The average Bonchev–Trinajstić information content (AvgIpc) is 2.56. The number of carbonyl (C=O) groups is 1. The van der Waals surface area contributed by atoms with E-state index in [0.29, 0.717) is 5.56 Å². The summed E-state index contributed by atoms with van der Waals surface area (Å²) in [4.78, 5) is 24.2. The Morgan fingerprint density at radius 3 is 2.86 bits per heavy atom.